The first-order valence-corrected chi connectivity index (χ1v) is 9.81. The van der Waals surface area contributed by atoms with Gasteiger partial charge in [-0.2, -0.15) is 0 Å². The van der Waals surface area contributed by atoms with Gasteiger partial charge in [-0.3, -0.25) is 0 Å². The van der Waals surface area contributed by atoms with Crippen molar-refractivity contribution in [2.75, 3.05) is 0 Å². The number of carbonyl (C=O) groups is 2. The number of hydrogen-bond donors (Lipinski definition) is 1. The third kappa shape index (κ3) is 8.18. The number of carbonyl (C=O) groups excluding carboxylic acids is 2. The Morgan fingerprint density at radius 1 is 1.20 bits per heavy atom. The van der Waals surface area contributed by atoms with Crippen LogP contribution in [0.15, 0.2) is 30.5 Å². The number of benzene rings is 1. The molecule has 0 fully saturated rings. The first-order chi connectivity index (χ1) is 14.0. The predicted molar refractivity (Wildman–Crippen MR) is 108 cm³/mol. The third-order valence-corrected chi connectivity index (χ3v) is 3.89. The highest BCUT2D eigenvalue weighted by molar-refractivity contribution is 5.81. The van der Waals surface area contributed by atoms with Crippen molar-refractivity contribution < 1.29 is 23.5 Å². The van der Waals surface area contributed by atoms with Crippen LogP contribution in [0.5, 0.6) is 0 Å². The first-order valence-electron chi connectivity index (χ1n) is 9.81. The lowest BCUT2D eigenvalue weighted by atomic mass is 10.0. The molecule has 0 saturated heterocycles. The third-order valence-electron chi connectivity index (χ3n) is 3.89. The van der Waals surface area contributed by atoms with E-state index in [9.17, 15) is 14.0 Å². The van der Waals surface area contributed by atoms with E-state index in [1.165, 1.54) is 12.1 Å². The largest absolute Gasteiger partial charge is 0.458 e. The summed E-state index contributed by atoms with van der Waals surface area (Å²) in [7, 11) is 0. The molecule has 1 N–H and O–H groups in total. The van der Waals surface area contributed by atoms with E-state index in [2.05, 4.69) is 15.6 Å². The van der Waals surface area contributed by atoms with Crippen molar-refractivity contribution >= 4 is 12.1 Å². The normalized spacial score (nSPS) is 12.5. The molecular formula is C21H29FN4O4. The molecule has 0 radical (unpaired) electrons. The Morgan fingerprint density at radius 2 is 1.87 bits per heavy atom. The molecule has 1 heterocycles. The van der Waals surface area contributed by atoms with Gasteiger partial charge >= 0.3 is 12.1 Å². The minimum Gasteiger partial charge on any atom is -0.458 e. The second-order valence-electron chi connectivity index (χ2n) is 8.47. The molecule has 0 aliphatic rings. The molecule has 1 aromatic carbocycles. The summed E-state index contributed by atoms with van der Waals surface area (Å²) in [6, 6.07) is 5.25. The van der Waals surface area contributed by atoms with Crippen LogP contribution in [-0.4, -0.2) is 38.7 Å². The van der Waals surface area contributed by atoms with Gasteiger partial charge in [0.1, 0.15) is 29.8 Å². The van der Waals surface area contributed by atoms with Crippen LogP contribution in [-0.2, 0) is 27.4 Å². The van der Waals surface area contributed by atoms with Crippen LogP contribution >= 0.6 is 0 Å². The Balaban J connectivity index is 1.91. The van der Waals surface area contributed by atoms with Crippen molar-refractivity contribution in [3.8, 4) is 0 Å². The number of ether oxygens (including phenoxy) is 2. The maximum atomic E-state index is 13.0. The Morgan fingerprint density at radius 3 is 2.47 bits per heavy atom. The van der Waals surface area contributed by atoms with E-state index in [0.717, 1.165) is 5.56 Å². The fourth-order valence-electron chi connectivity index (χ4n) is 2.64. The molecule has 0 aliphatic carbocycles. The summed E-state index contributed by atoms with van der Waals surface area (Å²) in [4.78, 5) is 24.5. The highest BCUT2D eigenvalue weighted by atomic mass is 19.1. The average Bonchev–Trinajstić information content (AvgIpc) is 3.06. The lowest BCUT2D eigenvalue weighted by Crippen LogP contribution is -2.44. The summed E-state index contributed by atoms with van der Waals surface area (Å²) in [5.41, 5.74) is 0.661. The Hall–Kier alpha value is -2.97. The van der Waals surface area contributed by atoms with Gasteiger partial charge in [0, 0.05) is 0 Å². The van der Waals surface area contributed by atoms with Crippen LogP contribution in [0.2, 0.25) is 0 Å². The van der Waals surface area contributed by atoms with Gasteiger partial charge in [0.2, 0.25) is 0 Å². The molecule has 0 aliphatic heterocycles. The van der Waals surface area contributed by atoms with Gasteiger partial charge in [0.25, 0.3) is 0 Å². The van der Waals surface area contributed by atoms with Gasteiger partial charge in [0.05, 0.1) is 12.7 Å². The summed E-state index contributed by atoms with van der Waals surface area (Å²) >= 11 is 0. The summed E-state index contributed by atoms with van der Waals surface area (Å²) in [6.07, 6.45) is 1.39. The number of hydrogen-bond acceptors (Lipinski definition) is 6. The molecule has 1 aromatic heterocycles. The van der Waals surface area contributed by atoms with E-state index >= 15 is 0 Å². The molecule has 8 nitrogen and oxygen atoms in total. The zero-order valence-corrected chi connectivity index (χ0v) is 18.0. The van der Waals surface area contributed by atoms with Gasteiger partial charge in [-0.25, -0.2) is 18.7 Å². The van der Waals surface area contributed by atoms with Gasteiger partial charge in [-0.05, 0) is 50.8 Å². The molecule has 1 amide bonds. The Bertz CT molecular complexity index is 843. The summed E-state index contributed by atoms with van der Waals surface area (Å²) < 4.78 is 25.1. The molecule has 30 heavy (non-hydrogen) atoms. The van der Waals surface area contributed by atoms with Gasteiger partial charge < -0.3 is 14.8 Å². The number of amides is 1. The highest BCUT2D eigenvalue weighted by Crippen LogP contribution is 2.11. The number of nitrogens with zero attached hydrogens (tertiary/aromatic N) is 3. The van der Waals surface area contributed by atoms with Crippen LogP contribution in [0.4, 0.5) is 9.18 Å². The minimum absolute atomic E-state index is 0.0765. The van der Waals surface area contributed by atoms with Crippen LogP contribution < -0.4 is 5.32 Å². The van der Waals surface area contributed by atoms with Crippen LogP contribution in [0, 0.1) is 11.7 Å². The van der Waals surface area contributed by atoms with Crippen LogP contribution in [0.1, 0.15) is 52.3 Å². The maximum absolute atomic E-state index is 13.0. The van der Waals surface area contributed by atoms with E-state index in [1.807, 2.05) is 13.8 Å². The number of halogens is 1. The molecule has 2 aromatic rings. The van der Waals surface area contributed by atoms with Crippen molar-refractivity contribution in [3.63, 3.8) is 0 Å². The van der Waals surface area contributed by atoms with E-state index in [4.69, 9.17) is 9.47 Å². The fraction of sp³-hybridized carbons (Fsp3) is 0.524. The zero-order valence-electron chi connectivity index (χ0n) is 18.0. The molecule has 0 bridgehead atoms. The van der Waals surface area contributed by atoms with Crippen molar-refractivity contribution in [3.05, 3.63) is 47.5 Å². The Labute approximate surface area is 175 Å². The van der Waals surface area contributed by atoms with Crippen molar-refractivity contribution in [2.45, 2.75) is 65.8 Å². The zero-order chi connectivity index (χ0) is 22.3. The van der Waals surface area contributed by atoms with E-state index in [1.54, 1.807) is 43.8 Å². The van der Waals surface area contributed by atoms with Crippen molar-refractivity contribution in [1.29, 1.82) is 0 Å². The monoisotopic (exact) mass is 420 g/mol. The Kier molecular flexibility index (Phi) is 7.91. The predicted octanol–water partition coefficient (Wildman–Crippen LogP) is 3.45. The van der Waals surface area contributed by atoms with Crippen LogP contribution in [0.25, 0.3) is 0 Å². The second-order valence-corrected chi connectivity index (χ2v) is 8.47. The molecule has 164 valence electrons. The summed E-state index contributed by atoms with van der Waals surface area (Å²) in [5, 5.41) is 10.5. The lowest BCUT2D eigenvalue weighted by molar-refractivity contribution is -0.148. The molecule has 1 atom stereocenters. The van der Waals surface area contributed by atoms with Gasteiger partial charge in [-0.15, -0.1) is 5.10 Å². The minimum atomic E-state index is -0.825. The van der Waals surface area contributed by atoms with E-state index < -0.39 is 23.7 Å². The van der Waals surface area contributed by atoms with E-state index in [-0.39, 0.29) is 18.3 Å². The molecule has 0 spiro atoms. The number of esters is 1. The highest BCUT2D eigenvalue weighted by Gasteiger charge is 2.26. The molecular weight excluding hydrogens is 391 g/mol. The first kappa shape index (κ1) is 23.3. The van der Waals surface area contributed by atoms with Gasteiger partial charge in [-0.1, -0.05) is 31.2 Å². The molecule has 0 unspecified atom stereocenters. The molecule has 0 saturated carbocycles. The van der Waals surface area contributed by atoms with E-state index in [0.29, 0.717) is 18.7 Å². The van der Waals surface area contributed by atoms with Crippen molar-refractivity contribution in [1.82, 2.24) is 20.3 Å². The molecule has 2 rings (SSSR count). The quantitative estimate of drug-likeness (QED) is 0.657. The van der Waals surface area contributed by atoms with Crippen molar-refractivity contribution in [2.24, 2.45) is 5.92 Å². The number of nitrogens with one attached hydrogen (secondary N) is 1. The summed E-state index contributed by atoms with van der Waals surface area (Å²) in [5.74, 6) is -0.711. The smallest absolute Gasteiger partial charge is 0.408 e. The summed E-state index contributed by atoms with van der Waals surface area (Å²) in [6.45, 7) is 9.47. The topological polar surface area (TPSA) is 95.3 Å². The lowest BCUT2D eigenvalue weighted by Gasteiger charge is -2.23. The standard InChI is InChI=1S/C21H29FN4O4/c1-14(2)10-18(23-20(28)30-21(3,4)5)19(27)29-13-17-12-26(25-24-17)11-15-6-8-16(22)9-7-15/h6-9,12,14,18H,10-11,13H2,1-5H3,(H,23,28)/t18-/m0/s1. The average molecular weight is 420 g/mol. The molecule has 9 heteroatoms. The van der Waals surface area contributed by atoms with Crippen LogP contribution in [0.3, 0.4) is 0 Å². The maximum Gasteiger partial charge on any atom is 0.408 e. The number of rotatable bonds is 8. The SMILES string of the molecule is CC(C)C[C@H](NC(=O)OC(C)(C)C)C(=O)OCc1cn(Cc2ccc(F)cc2)nn1. The number of alkyl carbamates (subject to hydrolysis) is 1. The fourth-order valence-corrected chi connectivity index (χ4v) is 2.64. The number of aromatic nitrogens is 3. The van der Waals surface area contributed by atoms with Gasteiger partial charge in [0.15, 0.2) is 0 Å². The second kappa shape index (κ2) is 10.2.